The second-order valence-corrected chi connectivity index (χ2v) is 7.68. The zero-order chi connectivity index (χ0) is 15.7. The third-order valence-electron chi connectivity index (χ3n) is 3.90. The summed E-state index contributed by atoms with van der Waals surface area (Å²) in [6, 6.07) is 2.41. The summed E-state index contributed by atoms with van der Waals surface area (Å²) in [5.74, 6) is 0.491. The summed E-state index contributed by atoms with van der Waals surface area (Å²) in [7, 11) is 1.71. The molecule has 0 bridgehead atoms. The number of pyridine rings is 1. The van der Waals surface area contributed by atoms with Crippen LogP contribution in [-0.2, 0) is 4.65 Å². The van der Waals surface area contributed by atoms with E-state index >= 15 is 0 Å². The summed E-state index contributed by atoms with van der Waals surface area (Å²) in [4.78, 5) is 8.64. The minimum atomic E-state index is -0.403. The number of aromatic nitrogens is 1. The van der Waals surface area contributed by atoms with Crippen LogP contribution >= 0.6 is 12.6 Å². The highest BCUT2D eigenvalue weighted by Gasteiger charge is 2.34. The van der Waals surface area contributed by atoms with Gasteiger partial charge in [0.15, 0.2) is 0 Å². The highest BCUT2D eigenvalue weighted by Crippen LogP contribution is 2.30. The van der Waals surface area contributed by atoms with Crippen molar-refractivity contribution < 1.29 is 4.65 Å². The molecule has 0 aliphatic heterocycles. The van der Waals surface area contributed by atoms with Gasteiger partial charge in [0.1, 0.15) is 5.82 Å². The molecule has 0 saturated heterocycles. The summed E-state index contributed by atoms with van der Waals surface area (Å²) in [6.07, 6.45) is 5.85. The van der Waals surface area contributed by atoms with Crippen LogP contribution in [0.4, 0.5) is 5.82 Å². The lowest BCUT2D eigenvalue weighted by Crippen LogP contribution is -2.45. The summed E-state index contributed by atoms with van der Waals surface area (Å²) >= 11 is 4.58. The first-order chi connectivity index (χ1) is 9.69. The number of nitrogen functional groups attached to an aromatic ring is 1. The molecule has 2 rings (SSSR count). The van der Waals surface area contributed by atoms with Crippen molar-refractivity contribution in [1.82, 2.24) is 4.98 Å². The first-order valence-corrected chi connectivity index (χ1v) is 7.66. The van der Waals surface area contributed by atoms with Crippen molar-refractivity contribution in [3.8, 4) is 0 Å². The maximum Gasteiger partial charge on any atom is 0.332 e. The van der Waals surface area contributed by atoms with E-state index in [1.54, 1.807) is 13.7 Å². The molecule has 1 aromatic heterocycles. The van der Waals surface area contributed by atoms with Crippen molar-refractivity contribution in [2.45, 2.75) is 56.9 Å². The maximum atomic E-state index is 5.89. The summed E-state index contributed by atoms with van der Waals surface area (Å²) < 4.78 is 5.62. The van der Waals surface area contributed by atoms with E-state index < -0.39 is 5.60 Å². The van der Waals surface area contributed by atoms with Crippen molar-refractivity contribution in [3.05, 3.63) is 17.8 Å². The second kappa shape index (κ2) is 6.01. The van der Waals surface area contributed by atoms with E-state index in [9.17, 15) is 0 Å². The Morgan fingerprint density at radius 3 is 2.67 bits per heavy atom. The standard InChI is InChI=1S/C15H23BN3OS/c1-14(2,15(3,4)21)20-16-11-7-10(13(17)19-9-11)8-18-12-5-6-12/h7-9,12,21H,5-6H2,1-4H3,(H2,17,19). The largest absolute Gasteiger partial charge is 0.428 e. The van der Waals surface area contributed by atoms with Crippen LogP contribution < -0.4 is 11.2 Å². The van der Waals surface area contributed by atoms with Crippen LogP contribution in [0, 0.1) is 0 Å². The number of nitrogens with two attached hydrogens (primary N) is 1. The van der Waals surface area contributed by atoms with Gasteiger partial charge in [0.2, 0.25) is 0 Å². The number of hydrogen-bond acceptors (Lipinski definition) is 5. The lowest BCUT2D eigenvalue weighted by molar-refractivity contribution is 0.0854. The van der Waals surface area contributed by atoms with Crippen LogP contribution in [0.1, 0.15) is 46.1 Å². The molecule has 0 amide bonds. The van der Waals surface area contributed by atoms with Gasteiger partial charge >= 0.3 is 7.48 Å². The van der Waals surface area contributed by atoms with Gasteiger partial charge in [0.25, 0.3) is 0 Å². The van der Waals surface area contributed by atoms with Crippen molar-refractivity contribution in [3.63, 3.8) is 0 Å². The molecule has 4 nitrogen and oxygen atoms in total. The molecule has 0 atom stereocenters. The summed E-state index contributed by atoms with van der Waals surface area (Å²) in [5.41, 5.74) is 7.18. The van der Waals surface area contributed by atoms with Gasteiger partial charge in [-0.1, -0.05) is 6.07 Å². The third-order valence-corrected chi connectivity index (χ3v) is 4.44. The Kier molecular flexibility index (Phi) is 4.68. The molecular formula is C15H23BN3OS. The van der Waals surface area contributed by atoms with Gasteiger partial charge in [-0.3, -0.25) is 4.99 Å². The molecule has 0 unspecified atom stereocenters. The molecule has 1 fully saturated rings. The molecule has 1 saturated carbocycles. The molecule has 1 heterocycles. The van der Waals surface area contributed by atoms with Crippen LogP contribution in [0.25, 0.3) is 0 Å². The predicted molar refractivity (Wildman–Crippen MR) is 92.9 cm³/mol. The average molecular weight is 304 g/mol. The summed E-state index contributed by atoms with van der Waals surface area (Å²) in [5, 5.41) is 0. The SMILES string of the molecule is CC(C)(S)C(C)(C)O[B]c1cnc(N)c(C=NC2CC2)c1. The lowest BCUT2D eigenvalue weighted by Gasteiger charge is -2.38. The number of rotatable bonds is 6. The molecule has 1 aliphatic rings. The molecule has 1 radical (unpaired) electrons. The van der Waals surface area contributed by atoms with Crippen LogP contribution in [0.5, 0.6) is 0 Å². The predicted octanol–water partition coefficient (Wildman–Crippen LogP) is 1.99. The minimum Gasteiger partial charge on any atom is -0.428 e. The zero-order valence-corrected chi connectivity index (χ0v) is 14.0. The van der Waals surface area contributed by atoms with Crippen LogP contribution in [0.15, 0.2) is 17.3 Å². The van der Waals surface area contributed by atoms with E-state index in [-0.39, 0.29) is 4.75 Å². The normalized spacial score (nSPS) is 16.4. The second-order valence-electron chi connectivity index (χ2n) is 6.56. The zero-order valence-electron chi connectivity index (χ0n) is 13.1. The fourth-order valence-electron chi connectivity index (χ4n) is 1.45. The Hall–Kier alpha value is -1.01. The van der Waals surface area contributed by atoms with Gasteiger partial charge in [-0.05, 0) is 46.0 Å². The Morgan fingerprint density at radius 1 is 1.43 bits per heavy atom. The highest BCUT2D eigenvalue weighted by atomic mass is 32.1. The molecule has 1 aromatic rings. The molecule has 6 heteroatoms. The third kappa shape index (κ3) is 4.48. The molecule has 0 aromatic carbocycles. The van der Waals surface area contributed by atoms with Crippen LogP contribution in [0.2, 0.25) is 0 Å². The monoisotopic (exact) mass is 304 g/mol. The van der Waals surface area contributed by atoms with E-state index in [2.05, 4.69) is 22.6 Å². The van der Waals surface area contributed by atoms with Gasteiger partial charge in [-0.25, -0.2) is 4.98 Å². The van der Waals surface area contributed by atoms with Crippen LogP contribution in [-0.4, -0.2) is 35.1 Å². The van der Waals surface area contributed by atoms with Crippen LogP contribution in [0.3, 0.4) is 0 Å². The van der Waals surface area contributed by atoms with Gasteiger partial charge in [-0.2, -0.15) is 12.6 Å². The van der Waals surface area contributed by atoms with Gasteiger partial charge < -0.3 is 10.4 Å². The first kappa shape index (κ1) is 16.4. The van der Waals surface area contributed by atoms with Crippen molar-refractivity contribution >= 4 is 37.6 Å². The highest BCUT2D eigenvalue weighted by molar-refractivity contribution is 7.81. The van der Waals surface area contributed by atoms with Crippen molar-refractivity contribution in [2.24, 2.45) is 4.99 Å². The van der Waals surface area contributed by atoms with E-state index in [1.807, 2.05) is 40.0 Å². The molecule has 21 heavy (non-hydrogen) atoms. The van der Waals surface area contributed by atoms with E-state index in [0.717, 1.165) is 11.0 Å². The van der Waals surface area contributed by atoms with Crippen molar-refractivity contribution in [2.75, 3.05) is 5.73 Å². The van der Waals surface area contributed by atoms with Gasteiger partial charge in [-0.15, -0.1) is 0 Å². The topological polar surface area (TPSA) is 60.5 Å². The van der Waals surface area contributed by atoms with E-state index in [4.69, 9.17) is 10.4 Å². The Balaban J connectivity index is 2.05. The molecular weight excluding hydrogens is 281 g/mol. The maximum absolute atomic E-state index is 5.89. The van der Waals surface area contributed by atoms with E-state index in [0.29, 0.717) is 11.9 Å². The first-order valence-electron chi connectivity index (χ1n) is 7.21. The van der Waals surface area contributed by atoms with Gasteiger partial charge in [0.05, 0.1) is 11.6 Å². The fourth-order valence-corrected chi connectivity index (χ4v) is 1.50. The summed E-state index contributed by atoms with van der Waals surface area (Å²) in [6.45, 7) is 8.07. The number of anilines is 1. The molecule has 113 valence electrons. The molecule has 1 aliphatic carbocycles. The number of thiol groups is 1. The Morgan fingerprint density at radius 2 is 2.10 bits per heavy atom. The van der Waals surface area contributed by atoms with E-state index in [1.165, 1.54) is 12.8 Å². The average Bonchev–Trinajstić information content (AvgIpc) is 3.19. The lowest BCUT2D eigenvalue weighted by atomic mass is 9.84. The number of hydrogen-bond donors (Lipinski definition) is 2. The number of aliphatic imine (C=N–C) groups is 1. The minimum absolute atomic E-state index is 0.263. The fraction of sp³-hybridized carbons (Fsp3) is 0.600. The Bertz CT molecular complexity index is 536. The molecule has 0 spiro atoms. The number of nitrogens with zero attached hydrogens (tertiary/aromatic N) is 2. The smallest absolute Gasteiger partial charge is 0.332 e. The Labute approximate surface area is 133 Å². The molecule has 2 N–H and O–H groups in total. The van der Waals surface area contributed by atoms with Crippen molar-refractivity contribution in [1.29, 1.82) is 0 Å². The van der Waals surface area contributed by atoms with Gasteiger partial charge in [0, 0.05) is 22.7 Å². The quantitative estimate of drug-likeness (QED) is 0.480.